The molecule has 0 spiro atoms. The number of H-pyrrole nitrogens is 1. The number of hydrogen-bond donors (Lipinski definition) is 4. The molecule has 1 aliphatic carbocycles. The Morgan fingerprint density at radius 2 is 1.78 bits per heavy atom. The van der Waals surface area contributed by atoms with E-state index in [1.165, 1.54) is 34.4 Å². The Hall–Kier alpha value is -2.63. The fourth-order valence-corrected chi connectivity index (χ4v) is 4.00. The second-order valence-electron chi connectivity index (χ2n) is 7.52. The number of pyridine rings is 1. The van der Waals surface area contributed by atoms with Gasteiger partial charge < -0.3 is 20.5 Å². The molecule has 0 bridgehead atoms. The van der Waals surface area contributed by atoms with E-state index in [9.17, 15) is 15.0 Å². The van der Waals surface area contributed by atoms with Gasteiger partial charge in [0.1, 0.15) is 5.75 Å². The third kappa shape index (κ3) is 3.36. The Labute approximate surface area is 157 Å². The van der Waals surface area contributed by atoms with Crippen molar-refractivity contribution in [3.05, 3.63) is 74.6 Å². The smallest absolute Gasteiger partial charge is 0.248 e. The first-order chi connectivity index (χ1) is 12.9. The van der Waals surface area contributed by atoms with E-state index < -0.39 is 6.10 Å². The number of phenols is 1. The number of aromatic hydroxyl groups is 1. The van der Waals surface area contributed by atoms with E-state index in [-0.39, 0.29) is 11.3 Å². The van der Waals surface area contributed by atoms with Gasteiger partial charge in [-0.15, -0.1) is 0 Å². The van der Waals surface area contributed by atoms with Crippen LogP contribution in [0, 0.1) is 13.8 Å². The van der Waals surface area contributed by atoms with Crippen LogP contribution >= 0.6 is 0 Å². The molecule has 1 unspecified atom stereocenters. The van der Waals surface area contributed by atoms with Gasteiger partial charge in [-0.1, -0.05) is 18.2 Å². The number of aromatic nitrogens is 1. The summed E-state index contributed by atoms with van der Waals surface area (Å²) in [5, 5.41) is 24.8. The molecular weight excluding hydrogens is 340 g/mol. The van der Waals surface area contributed by atoms with E-state index in [0.717, 1.165) is 12.8 Å². The highest BCUT2D eigenvalue weighted by Gasteiger charge is 2.23. The predicted octanol–water partition coefficient (Wildman–Crippen LogP) is 2.64. The maximum Gasteiger partial charge on any atom is 0.248 e. The lowest BCUT2D eigenvalue weighted by molar-refractivity contribution is 0.171. The van der Waals surface area contributed by atoms with E-state index in [1.807, 2.05) is 0 Å². The molecule has 5 heteroatoms. The minimum Gasteiger partial charge on any atom is -0.506 e. The van der Waals surface area contributed by atoms with Crippen molar-refractivity contribution in [2.75, 3.05) is 6.54 Å². The zero-order chi connectivity index (χ0) is 19.1. The molecule has 0 saturated carbocycles. The molecule has 1 heterocycles. The topological polar surface area (TPSA) is 85.3 Å². The number of nitrogens with one attached hydrogen (secondary N) is 2. The number of phenolic OH excluding ortho intramolecular Hbond substituents is 1. The molecule has 1 aromatic heterocycles. The molecule has 4 N–H and O–H groups in total. The molecule has 140 valence electrons. The van der Waals surface area contributed by atoms with Crippen molar-refractivity contribution in [2.24, 2.45) is 0 Å². The number of hydrogen-bond acceptors (Lipinski definition) is 4. The zero-order valence-electron chi connectivity index (χ0n) is 15.5. The number of benzene rings is 2. The molecule has 2 aromatic carbocycles. The van der Waals surface area contributed by atoms with Gasteiger partial charge in [-0.3, -0.25) is 4.79 Å². The highest BCUT2D eigenvalue weighted by atomic mass is 16.3. The second-order valence-corrected chi connectivity index (χ2v) is 7.52. The maximum absolute atomic E-state index is 11.5. The molecule has 27 heavy (non-hydrogen) atoms. The minimum absolute atomic E-state index is 0.00333. The molecule has 1 aliphatic rings. The van der Waals surface area contributed by atoms with Crippen LogP contribution in [0.25, 0.3) is 10.9 Å². The van der Waals surface area contributed by atoms with Gasteiger partial charge >= 0.3 is 0 Å². The lowest BCUT2D eigenvalue weighted by atomic mass is 10.0. The number of aliphatic hydroxyl groups excluding tert-OH is 1. The highest BCUT2D eigenvalue weighted by molar-refractivity contribution is 5.87. The number of fused-ring (bicyclic) bond motifs is 2. The SMILES string of the molecule is Cc1cc2c(cc1C)CC(NCC(O)c1ccc(O)c3[nH]c(=O)ccc13)C2. The molecule has 0 fully saturated rings. The van der Waals surface area contributed by atoms with Crippen LogP contribution in [0.4, 0.5) is 0 Å². The van der Waals surface area contributed by atoms with Crippen LogP contribution in [0.3, 0.4) is 0 Å². The first kappa shape index (κ1) is 17.8. The summed E-state index contributed by atoms with van der Waals surface area (Å²) in [4.78, 5) is 14.2. The molecule has 4 rings (SSSR count). The van der Waals surface area contributed by atoms with Gasteiger partial charge in [0.15, 0.2) is 0 Å². The van der Waals surface area contributed by atoms with E-state index >= 15 is 0 Å². The molecule has 0 saturated heterocycles. The van der Waals surface area contributed by atoms with Gasteiger partial charge in [-0.2, -0.15) is 0 Å². The maximum atomic E-state index is 11.5. The third-order valence-corrected chi connectivity index (χ3v) is 5.61. The van der Waals surface area contributed by atoms with Gasteiger partial charge in [0.05, 0.1) is 11.6 Å². The van der Waals surface area contributed by atoms with Gasteiger partial charge in [-0.05, 0) is 66.6 Å². The summed E-state index contributed by atoms with van der Waals surface area (Å²) in [6, 6.07) is 11.1. The predicted molar refractivity (Wildman–Crippen MR) is 106 cm³/mol. The van der Waals surface area contributed by atoms with E-state index in [1.54, 1.807) is 12.1 Å². The minimum atomic E-state index is -0.730. The largest absolute Gasteiger partial charge is 0.506 e. The lowest BCUT2D eigenvalue weighted by Gasteiger charge is -2.18. The first-order valence-electron chi connectivity index (χ1n) is 9.27. The third-order valence-electron chi connectivity index (χ3n) is 5.61. The second kappa shape index (κ2) is 6.83. The van der Waals surface area contributed by atoms with Gasteiger partial charge in [-0.25, -0.2) is 0 Å². The number of aryl methyl sites for hydroxylation is 2. The first-order valence-corrected chi connectivity index (χ1v) is 9.27. The Bertz CT molecular complexity index is 1040. The lowest BCUT2D eigenvalue weighted by Crippen LogP contribution is -2.33. The quantitative estimate of drug-likeness (QED) is 0.573. The summed E-state index contributed by atoms with van der Waals surface area (Å²) < 4.78 is 0. The summed E-state index contributed by atoms with van der Waals surface area (Å²) in [7, 11) is 0. The number of rotatable bonds is 4. The molecule has 0 aliphatic heterocycles. The fraction of sp³-hybridized carbons (Fsp3) is 0.318. The Balaban J connectivity index is 1.49. The van der Waals surface area contributed by atoms with Crippen LogP contribution in [0.15, 0.2) is 41.2 Å². The molecule has 0 radical (unpaired) electrons. The van der Waals surface area contributed by atoms with Crippen molar-refractivity contribution >= 4 is 10.9 Å². The van der Waals surface area contributed by atoms with Crippen LogP contribution in [0.1, 0.15) is 33.9 Å². The summed E-state index contributed by atoms with van der Waals surface area (Å²) in [5.41, 5.74) is 6.18. The molecular formula is C22H24N2O3. The van der Waals surface area contributed by atoms with Crippen molar-refractivity contribution < 1.29 is 10.2 Å². The average molecular weight is 364 g/mol. The Morgan fingerprint density at radius 3 is 2.44 bits per heavy atom. The summed E-state index contributed by atoms with van der Waals surface area (Å²) in [5.74, 6) is 0.00333. The molecule has 0 amide bonds. The number of aromatic amines is 1. The van der Waals surface area contributed by atoms with Crippen LogP contribution in [0.5, 0.6) is 5.75 Å². The zero-order valence-corrected chi connectivity index (χ0v) is 15.5. The summed E-state index contributed by atoms with van der Waals surface area (Å²) >= 11 is 0. The van der Waals surface area contributed by atoms with Crippen molar-refractivity contribution in [3.63, 3.8) is 0 Å². The molecule has 3 aromatic rings. The van der Waals surface area contributed by atoms with Gasteiger partial charge in [0.2, 0.25) is 5.56 Å². The Morgan fingerprint density at radius 1 is 1.11 bits per heavy atom. The van der Waals surface area contributed by atoms with Gasteiger partial charge in [0.25, 0.3) is 0 Å². The van der Waals surface area contributed by atoms with Crippen LogP contribution in [-0.2, 0) is 12.8 Å². The monoisotopic (exact) mass is 364 g/mol. The van der Waals surface area contributed by atoms with Crippen LogP contribution < -0.4 is 10.9 Å². The van der Waals surface area contributed by atoms with E-state index in [0.29, 0.717) is 29.1 Å². The van der Waals surface area contributed by atoms with Crippen molar-refractivity contribution in [1.29, 1.82) is 0 Å². The van der Waals surface area contributed by atoms with Crippen molar-refractivity contribution in [3.8, 4) is 5.75 Å². The van der Waals surface area contributed by atoms with Crippen molar-refractivity contribution in [2.45, 2.75) is 38.8 Å². The van der Waals surface area contributed by atoms with Crippen molar-refractivity contribution in [1.82, 2.24) is 10.3 Å². The highest BCUT2D eigenvalue weighted by Crippen LogP contribution is 2.29. The standard InChI is InChI=1S/C22H24N2O3/c1-12-7-14-9-16(10-15(14)8-13(12)2)23-11-20(26)17-3-5-19(25)22-18(17)4-6-21(27)24-22/h3-8,16,20,23,25-26H,9-11H2,1-2H3,(H,24,27). The molecule has 5 nitrogen and oxygen atoms in total. The van der Waals surface area contributed by atoms with Crippen LogP contribution in [0.2, 0.25) is 0 Å². The summed E-state index contributed by atoms with van der Waals surface area (Å²) in [6.45, 7) is 4.69. The molecule has 1 atom stereocenters. The normalized spacial score (nSPS) is 15.2. The Kier molecular flexibility index (Phi) is 4.50. The van der Waals surface area contributed by atoms with Crippen LogP contribution in [-0.4, -0.2) is 27.8 Å². The average Bonchev–Trinajstić information content (AvgIpc) is 3.02. The van der Waals surface area contributed by atoms with E-state index in [2.05, 4.69) is 36.3 Å². The fourth-order valence-electron chi connectivity index (χ4n) is 4.00. The van der Waals surface area contributed by atoms with E-state index in [4.69, 9.17) is 0 Å². The summed E-state index contributed by atoms with van der Waals surface area (Å²) in [6.07, 6.45) is 1.20. The number of aliphatic hydroxyl groups is 1. The van der Waals surface area contributed by atoms with Gasteiger partial charge in [0, 0.05) is 24.0 Å².